The zero-order valence-electron chi connectivity index (χ0n) is 17.7. The summed E-state index contributed by atoms with van der Waals surface area (Å²) in [5.41, 5.74) is 2.44. The molecule has 4 rings (SSSR count). The first kappa shape index (κ1) is 20.7. The van der Waals surface area contributed by atoms with Crippen LogP contribution in [0.5, 0.6) is 11.5 Å². The van der Waals surface area contributed by atoms with E-state index in [-0.39, 0.29) is 0 Å². The van der Waals surface area contributed by atoms with Crippen molar-refractivity contribution < 1.29 is 4.74 Å². The molecule has 0 spiro atoms. The maximum atomic E-state index is 5.86. The van der Waals surface area contributed by atoms with Gasteiger partial charge in [-0.05, 0) is 49.2 Å². The summed E-state index contributed by atoms with van der Waals surface area (Å²) in [6.07, 6.45) is 8.88. The Bertz CT molecular complexity index is 968. The molecule has 0 saturated heterocycles. The highest BCUT2D eigenvalue weighted by atomic mass is 32.1. The van der Waals surface area contributed by atoms with Crippen LogP contribution in [0, 0.1) is 0 Å². The Labute approximate surface area is 183 Å². The first-order valence-corrected chi connectivity index (χ1v) is 11.9. The highest BCUT2D eigenvalue weighted by Crippen LogP contribution is 2.23. The van der Waals surface area contributed by atoms with Crippen molar-refractivity contribution in [1.29, 1.82) is 0 Å². The van der Waals surface area contributed by atoms with Crippen LogP contribution in [0.4, 0.5) is 5.69 Å². The predicted octanol–water partition coefficient (Wildman–Crippen LogP) is 6.16. The molecule has 0 amide bonds. The van der Waals surface area contributed by atoms with Crippen molar-refractivity contribution >= 4 is 17.0 Å². The van der Waals surface area contributed by atoms with Gasteiger partial charge in [0.05, 0.1) is 6.04 Å². The van der Waals surface area contributed by atoms with Crippen LogP contribution in [0.1, 0.15) is 44.2 Å². The SMILES string of the molecule is Cn1c(CCNc2ccc(Oc3ccccc3)cc2)csc1=NC1CCCCCC1. The molecule has 1 heterocycles. The van der Waals surface area contributed by atoms with Gasteiger partial charge in [-0.25, -0.2) is 0 Å². The molecule has 3 aromatic rings. The monoisotopic (exact) mass is 421 g/mol. The smallest absolute Gasteiger partial charge is 0.184 e. The summed E-state index contributed by atoms with van der Waals surface area (Å²) in [5, 5.41) is 5.77. The van der Waals surface area contributed by atoms with Crippen LogP contribution in [0.15, 0.2) is 65.0 Å². The number of nitrogens with one attached hydrogen (secondary N) is 1. The van der Waals surface area contributed by atoms with Gasteiger partial charge >= 0.3 is 0 Å². The van der Waals surface area contributed by atoms with Gasteiger partial charge in [-0.1, -0.05) is 43.9 Å². The molecule has 0 unspecified atom stereocenters. The van der Waals surface area contributed by atoms with E-state index in [1.807, 2.05) is 42.5 Å². The van der Waals surface area contributed by atoms with Crippen molar-refractivity contribution in [2.24, 2.45) is 12.0 Å². The van der Waals surface area contributed by atoms with Crippen LogP contribution in [0.3, 0.4) is 0 Å². The minimum Gasteiger partial charge on any atom is -0.457 e. The van der Waals surface area contributed by atoms with Crippen LogP contribution >= 0.6 is 11.3 Å². The molecule has 158 valence electrons. The molecule has 1 saturated carbocycles. The van der Waals surface area contributed by atoms with E-state index >= 15 is 0 Å². The Hall–Kier alpha value is -2.53. The fourth-order valence-electron chi connectivity index (χ4n) is 3.89. The second-order valence-corrected chi connectivity index (χ2v) is 8.80. The van der Waals surface area contributed by atoms with E-state index in [4.69, 9.17) is 9.73 Å². The van der Waals surface area contributed by atoms with Gasteiger partial charge in [0, 0.05) is 36.8 Å². The zero-order chi connectivity index (χ0) is 20.6. The first-order valence-electron chi connectivity index (χ1n) is 11.0. The number of benzene rings is 2. The van der Waals surface area contributed by atoms with Gasteiger partial charge in [0.25, 0.3) is 0 Å². The van der Waals surface area contributed by atoms with Gasteiger partial charge in [-0.2, -0.15) is 0 Å². The number of ether oxygens (including phenoxy) is 1. The molecule has 1 fully saturated rings. The molecule has 5 heteroatoms. The molecule has 30 heavy (non-hydrogen) atoms. The van der Waals surface area contributed by atoms with E-state index in [1.54, 1.807) is 11.3 Å². The summed E-state index contributed by atoms with van der Waals surface area (Å²) in [6, 6.07) is 18.5. The van der Waals surface area contributed by atoms with E-state index < -0.39 is 0 Å². The average molecular weight is 422 g/mol. The Morgan fingerprint density at radius 3 is 2.40 bits per heavy atom. The number of hydrogen-bond donors (Lipinski definition) is 1. The summed E-state index contributed by atoms with van der Waals surface area (Å²) < 4.78 is 8.13. The number of para-hydroxylation sites is 1. The third-order valence-corrected chi connectivity index (χ3v) is 6.66. The van der Waals surface area contributed by atoms with Crippen LogP contribution in [0.25, 0.3) is 0 Å². The van der Waals surface area contributed by atoms with Crippen LogP contribution in [-0.4, -0.2) is 17.2 Å². The lowest BCUT2D eigenvalue weighted by molar-refractivity contribution is 0.483. The van der Waals surface area contributed by atoms with Gasteiger partial charge in [-0.3, -0.25) is 4.99 Å². The molecule has 0 radical (unpaired) electrons. The maximum absolute atomic E-state index is 5.86. The number of hydrogen-bond acceptors (Lipinski definition) is 4. The van der Waals surface area contributed by atoms with Gasteiger partial charge in [0.1, 0.15) is 11.5 Å². The highest BCUT2D eigenvalue weighted by Gasteiger charge is 2.11. The van der Waals surface area contributed by atoms with Crippen molar-refractivity contribution in [3.05, 3.63) is 70.5 Å². The number of anilines is 1. The molecule has 0 atom stereocenters. The molecule has 1 aromatic heterocycles. The van der Waals surface area contributed by atoms with Crippen LogP contribution in [0.2, 0.25) is 0 Å². The van der Waals surface area contributed by atoms with Gasteiger partial charge in [0.15, 0.2) is 4.80 Å². The van der Waals surface area contributed by atoms with Crippen molar-refractivity contribution in [2.75, 3.05) is 11.9 Å². The van der Waals surface area contributed by atoms with Gasteiger partial charge in [0.2, 0.25) is 0 Å². The molecule has 0 bridgehead atoms. The van der Waals surface area contributed by atoms with Crippen molar-refractivity contribution in [2.45, 2.75) is 51.0 Å². The molecular formula is C25H31N3OS. The van der Waals surface area contributed by atoms with E-state index in [2.05, 4.69) is 34.4 Å². The highest BCUT2D eigenvalue weighted by molar-refractivity contribution is 7.07. The zero-order valence-corrected chi connectivity index (χ0v) is 18.5. The topological polar surface area (TPSA) is 38.5 Å². The number of nitrogens with zero attached hydrogens (tertiary/aromatic N) is 2. The maximum Gasteiger partial charge on any atom is 0.184 e. The Morgan fingerprint density at radius 2 is 1.67 bits per heavy atom. The molecule has 1 N–H and O–H groups in total. The third kappa shape index (κ3) is 5.76. The number of thiazole rings is 1. The fourth-order valence-corrected chi connectivity index (χ4v) is 4.89. The van der Waals surface area contributed by atoms with E-state index in [9.17, 15) is 0 Å². The Balaban J connectivity index is 1.29. The van der Waals surface area contributed by atoms with E-state index in [1.165, 1.54) is 49.0 Å². The molecule has 1 aliphatic rings. The third-order valence-electron chi connectivity index (χ3n) is 5.68. The summed E-state index contributed by atoms with van der Waals surface area (Å²) in [6.45, 7) is 0.895. The Morgan fingerprint density at radius 1 is 0.967 bits per heavy atom. The van der Waals surface area contributed by atoms with E-state index in [0.717, 1.165) is 30.2 Å². The average Bonchev–Trinajstić information content (AvgIpc) is 2.95. The van der Waals surface area contributed by atoms with Crippen LogP contribution < -0.4 is 14.9 Å². The standard InChI is InChI=1S/C25H31N3OS/c1-28-22(19-30-25(28)27-21-9-5-2-3-6-10-21)17-18-26-20-13-15-24(16-14-20)29-23-11-7-4-8-12-23/h4,7-8,11-16,19,21,26H,2-3,5-6,9-10,17-18H2,1H3. The fraction of sp³-hybridized carbons (Fsp3) is 0.400. The minimum atomic E-state index is 0.514. The first-order chi connectivity index (χ1) is 14.8. The molecule has 0 aliphatic heterocycles. The molecule has 2 aromatic carbocycles. The largest absolute Gasteiger partial charge is 0.457 e. The minimum absolute atomic E-state index is 0.514. The molecule has 4 nitrogen and oxygen atoms in total. The van der Waals surface area contributed by atoms with Crippen LogP contribution in [-0.2, 0) is 13.5 Å². The van der Waals surface area contributed by atoms with Gasteiger partial charge in [-0.15, -0.1) is 11.3 Å². The lowest BCUT2D eigenvalue weighted by atomic mass is 10.1. The summed E-state index contributed by atoms with van der Waals surface area (Å²) >= 11 is 1.78. The van der Waals surface area contributed by atoms with Crippen molar-refractivity contribution in [3.63, 3.8) is 0 Å². The summed E-state index contributed by atoms with van der Waals surface area (Å²) in [4.78, 5) is 6.22. The van der Waals surface area contributed by atoms with E-state index in [0.29, 0.717) is 6.04 Å². The summed E-state index contributed by atoms with van der Waals surface area (Å²) in [5.74, 6) is 1.70. The van der Waals surface area contributed by atoms with Crippen molar-refractivity contribution in [3.8, 4) is 11.5 Å². The number of rotatable bonds is 7. The number of aromatic nitrogens is 1. The summed E-state index contributed by atoms with van der Waals surface area (Å²) in [7, 11) is 2.15. The molecular weight excluding hydrogens is 390 g/mol. The van der Waals surface area contributed by atoms with Crippen molar-refractivity contribution in [1.82, 2.24) is 4.57 Å². The van der Waals surface area contributed by atoms with Gasteiger partial charge < -0.3 is 14.6 Å². The lowest BCUT2D eigenvalue weighted by Gasteiger charge is -2.10. The predicted molar refractivity (Wildman–Crippen MR) is 125 cm³/mol. The quantitative estimate of drug-likeness (QED) is 0.464. The molecule has 1 aliphatic carbocycles. The second-order valence-electron chi connectivity index (χ2n) is 7.96. The lowest BCUT2D eigenvalue weighted by Crippen LogP contribution is -2.18. The Kier molecular flexibility index (Phi) is 7.25. The second kappa shape index (κ2) is 10.5. The normalized spacial score (nSPS) is 15.7.